The van der Waals surface area contributed by atoms with Gasteiger partial charge in [0.15, 0.2) is 0 Å². The Balaban J connectivity index is 2.25. The number of ether oxygens (including phenoxy) is 1. The zero-order chi connectivity index (χ0) is 17.4. The van der Waals surface area contributed by atoms with Crippen molar-refractivity contribution in [2.45, 2.75) is 11.8 Å². The molecule has 0 saturated carbocycles. The van der Waals surface area contributed by atoms with Gasteiger partial charge in [0.25, 0.3) is 11.5 Å². The van der Waals surface area contributed by atoms with Crippen molar-refractivity contribution in [1.82, 2.24) is 15.0 Å². The molecule has 3 aromatic rings. The first-order valence-electron chi connectivity index (χ1n) is 6.94. The number of carbonyl (C=O) groups excluding carboxylic acids is 1. The molecule has 1 atom stereocenters. The molecule has 124 valence electrons. The third-order valence-corrected chi connectivity index (χ3v) is 3.73. The van der Waals surface area contributed by atoms with E-state index in [0.717, 1.165) is 7.11 Å². The van der Waals surface area contributed by atoms with Gasteiger partial charge in [-0.1, -0.05) is 47.7 Å². The Hall–Kier alpha value is -2.74. The van der Waals surface area contributed by atoms with E-state index in [2.05, 4.69) is 10.3 Å². The lowest BCUT2D eigenvalue weighted by atomic mass is 9.91. The molecule has 1 aromatic heterocycles. The number of benzene rings is 2. The molecule has 3 rings (SSSR count). The number of hydrogen-bond donors (Lipinski definition) is 0. The number of alkyl halides is 3. The fourth-order valence-electron chi connectivity index (χ4n) is 2.57. The summed E-state index contributed by atoms with van der Waals surface area (Å²) in [7, 11) is 0.845. The summed E-state index contributed by atoms with van der Waals surface area (Å²) < 4.78 is 47.1. The van der Waals surface area contributed by atoms with Crippen molar-refractivity contribution in [3.05, 3.63) is 60.2 Å². The summed E-state index contributed by atoms with van der Waals surface area (Å²) in [6.45, 7) is 0. The Bertz CT molecular complexity index is 877. The lowest BCUT2D eigenvalue weighted by Gasteiger charge is -2.32. The van der Waals surface area contributed by atoms with Crippen LogP contribution in [0.15, 0.2) is 54.6 Å². The topological polar surface area (TPSA) is 57.0 Å². The van der Waals surface area contributed by atoms with E-state index in [4.69, 9.17) is 4.74 Å². The molecule has 0 N–H and O–H groups in total. The van der Waals surface area contributed by atoms with Crippen molar-refractivity contribution >= 4 is 16.9 Å². The average Bonchev–Trinajstić information content (AvgIpc) is 2.99. The Morgan fingerprint density at radius 3 is 2.29 bits per heavy atom. The number of nitrogens with zero attached hydrogens (tertiary/aromatic N) is 3. The molecule has 0 radical (unpaired) electrons. The van der Waals surface area contributed by atoms with E-state index in [9.17, 15) is 18.0 Å². The van der Waals surface area contributed by atoms with Gasteiger partial charge in [-0.15, -0.1) is 5.10 Å². The molecule has 2 aromatic carbocycles. The molecule has 0 amide bonds. The van der Waals surface area contributed by atoms with Crippen molar-refractivity contribution in [2.24, 2.45) is 0 Å². The molecule has 0 aliphatic heterocycles. The predicted octanol–water partition coefficient (Wildman–Crippen LogP) is 3.18. The Kier molecular flexibility index (Phi) is 3.84. The predicted molar refractivity (Wildman–Crippen MR) is 79.3 cm³/mol. The van der Waals surface area contributed by atoms with Crippen LogP contribution in [0.5, 0.6) is 0 Å². The number of methoxy groups -OCH3 is 1. The molecule has 1 heterocycles. The van der Waals surface area contributed by atoms with Gasteiger partial charge in [0.2, 0.25) is 0 Å². The molecular weight excluding hydrogens is 323 g/mol. The van der Waals surface area contributed by atoms with Gasteiger partial charge in [-0.05, 0) is 12.1 Å². The fraction of sp³-hybridized carbons (Fsp3) is 0.188. The van der Waals surface area contributed by atoms with Gasteiger partial charge in [-0.2, -0.15) is 17.9 Å². The van der Waals surface area contributed by atoms with Crippen LogP contribution in [-0.2, 0) is 10.3 Å². The fourth-order valence-corrected chi connectivity index (χ4v) is 2.57. The van der Waals surface area contributed by atoms with Crippen molar-refractivity contribution in [3.63, 3.8) is 0 Å². The van der Waals surface area contributed by atoms with E-state index in [-0.39, 0.29) is 11.1 Å². The summed E-state index contributed by atoms with van der Waals surface area (Å²) in [4.78, 5) is 12.8. The highest BCUT2D eigenvalue weighted by Gasteiger charge is 2.63. The van der Waals surface area contributed by atoms with Crippen molar-refractivity contribution in [3.8, 4) is 0 Å². The Morgan fingerprint density at radius 1 is 1.04 bits per heavy atom. The van der Waals surface area contributed by atoms with E-state index < -0.39 is 17.7 Å². The first kappa shape index (κ1) is 16.1. The molecule has 0 spiro atoms. The lowest BCUT2D eigenvalue weighted by Crippen LogP contribution is -2.53. The van der Waals surface area contributed by atoms with E-state index in [1.807, 2.05) is 0 Å². The monoisotopic (exact) mass is 335 g/mol. The lowest BCUT2D eigenvalue weighted by molar-refractivity contribution is -0.254. The third kappa shape index (κ3) is 2.26. The summed E-state index contributed by atoms with van der Waals surface area (Å²) >= 11 is 0. The van der Waals surface area contributed by atoms with Crippen LogP contribution in [0.3, 0.4) is 0 Å². The number of aromatic nitrogens is 3. The minimum absolute atomic E-state index is 0.170. The van der Waals surface area contributed by atoms with Gasteiger partial charge in [0.1, 0.15) is 5.52 Å². The standard InChI is InChI=1S/C16H12F3N3O2/c1-24-15(16(17,18)19,11-7-3-2-4-8-11)14(23)22-13-10-6-5-9-12(13)20-21-22/h2-10H,1H3/t15-/m0/s1. The van der Waals surface area contributed by atoms with Crippen LogP contribution in [0.4, 0.5) is 13.2 Å². The Morgan fingerprint density at radius 2 is 1.67 bits per heavy atom. The molecule has 0 aliphatic carbocycles. The van der Waals surface area contributed by atoms with E-state index in [1.54, 1.807) is 24.3 Å². The smallest absolute Gasteiger partial charge is 0.356 e. The van der Waals surface area contributed by atoms with Crippen LogP contribution in [0.1, 0.15) is 10.4 Å². The minimum atomic E-state index is -4.99. The summed E-state index contributed by atoms with van der Waals surface area (Å²) in [6, 6.07) is 13.0. The summed E-state index contributed by atoms with van der Waals surface area (Å²) in [6.07, 6.45) is -4.99. The largest absolute Gasteiger partial charge is 0.431 e. The zero-order valence-electron chi connectivity index (χ0n) is 12.5. The molecule has 8 heteroatoms. The highest BCUT2D eigenvalue weighted by atomic mass is 19.4. The number of para-hydroxylation sites is 1. The minimum Gasteiger partial charge on any atom is -0.356 e. The maximum absolute atomic E-state index is 13.9. The molecule has 5 nitrogen and oxygen atoms in total. The van der Waals surface area contributed by atoms with Crippen LogP contribution >= 0.6 is 0 Å². The van der Waals surface area contributed by atoms with Crippen LogP contribution in [0, 0.1) is 0 Å². The van der Waals surface area contributed by atoms with Crippen molar-refractivity contribution < 1.29 is 22.7 Å². The molecule has 0 fully saturated rings. The van der Waals surface area contributed by atoms with E-state index >= 15 is 0 Å². The van der Waals surface area contributed by atoms with Gasteiger partial charge < -0.3 is 4.74 Å². The normalized spacial score (nSPS) is 14.5. The molecule has 24 heavy (non-hydrogen) atoms. The van der Waals surface area contributed by atoms with Gasteiger partial charge in [-0.25, -0.2) is 0 Å². The molecule has 0 unspecified atom stereocenters. The number of rotatable bonds is 3. The second-order valence-corrected chi connectivity index (χ2v) is 5.04. The van der Waals surface area contributed by atoms with Crippen molar-refractivity contribution in [2.75, 3.05) is 7.11 Å². The maximum Gasteiger partial charge on any atom is 0.431 e. The van der Waals surface area contributed by atoms with Gasteiger partial charge in [-0.3, -0.25) is 4.79 Å². The maximum atomic E-state index is 13.9. The van der Waals surface area contributed by atoms with Crippen LogP contribution < -0.4 is 0 Å². The first-order chi connectivity index (χ1) is 11.4. The molecular formula is C16H12F3N3O2. The summed E-state index contributed by atoms with van der Waals surface area (Å²) in [5, 5.41) is 7.32. The van der Waals surface area contributed by atoms with E-state index in [1.165, 1.54) is 30.3 Å². The number of halogens is 3. The summed E-state index contributed by atoms with van der Waals surface area (Å²) in [5.41, 5.74) is -3.02. The Labute approximate surface area is 134 Å². The van der Waals surface area contributed by atoms with Gasteiger partial charge in [0, 0.05) is 12.7 Å². The molecule has 0 saturated heterocycles. The molecule has 0 aliphatic rings. The second-order valence-electron chi connectivity index (χ2n) is 5.04. The average molecular weight is 335 g/mol. The van der Waals surface area contributed by atoms with Gasteiger partial charge >= 0.3 is 6.18 Å². The number of fused-ring (bicyclic) bond motifs is 1. The van der Waals surface area contributed by atoms with Crippen LogP contribution in [0.2, 0.25) is 0 Å². The number of hydrogen-bond acceptors (Lipinski definition) is 4. The third-order valence-electron chi connectivity index (χ3n) is 3.73. The van der Waals surface area contributed by atoms with Crippen molar-refractivity contribution in [1.29, 1.82) is 0 Å². The van der Waals surface area contributed by atoms with Crippen LogP contribution in [-0.4, -0.2) is 34.2 Å². The zero-order valence-corrected chi connectivity index (χ0v) is 12.5. The molecule has 0 bridgehead atoms. The van der Waals surface area contributed by atoms with Crippen LogP contribution in [0.25, 0.3) is 11.0 Å². The summed E-state index contributed by atoms with van der Waals surface area (Å²) in [5.74, 6) is -1.38. The second kappa shape index (κ2) is 5.72. The van der Waals surface area contributed by atoms with Gasteiger partial charge in [0.05, 0.1) is 5.52 Å². The quantitative estimate of drug-likeness (QED) is 0.738. The van der Waals surface area contributed by atoms with E-state index in [0.29, 0.717) is 10.2 Å². The first-order valence-corrected chi connectivity index (χ1v) is 6.94. The SMILES string of the molecule is CO[C@](C(=O)n1nnc2ccccc21)(c1ccccc1)C(F)(F)F. The highest BCUT2D eigenvalue weighted by molar-refractivity contribution is 5.95. The highest BCUT2D eigenvalue weighted by Crippen LogP contribution is 2.43. The number of carbonyl (C=O) groups is 1.